The van der Waals surface area contributed by atoms with Crippen molar-refractivity contribution < 1.29 is 19.4 Å². The van der Waals surface area contributed by atoms with Gasteiger partial charge in [0.05, 0.1) is 19.8 Å². The van der Waals surface area contributed by atoms with Crippen molar-refractivity contribution in [3.8, 4) is 0 Å². The van der Waals surface area contributed by atoms with Gasteiger partial charge >= 0.3 is 5.97 Å². The number of nitrogens with zero attached hydrogens (tertiary/aromatic N) is 1. The Hall–Kier alpha value is -2.34. The molecule has 0 saturated carbocycles. The number of hydrogen-bond acceptors (Lipinski definition) is 4. The minimum atomic E-state index is -1.11. The number of benzene rings is 1. The minimum Gasteiger partial charge on any atom is -0.480 e. The number of nitrogens with one attached hydrogen (secondary N) is 1. The molecule has 0 radical (unpaired) electrons. The van der Waals surface area contributed by atoms with Crippen LogP contribution in [0.4, 0.5) is 5.69 Å². The molecule has 1 aliphatic rings. The van der Waals surface area contributed by atoms with Crippen molar-refractivity contribution in [1.29, 1.82) is 0 Å². The topological polar surface area (TPSA) is 78.9 Å². The largest absolute Gasteiger partial charge is 0.480 e. The first-order valence-electron chi connectivity index (χ1n) is 7.15. The number of anilines is 1. The van der Waals surface area contributed by atoms with Gasteiger partial charge in [0.1, 0.15) is 0 Å². The number of fused-ring (bicyclic) bond motifs is 1. The second-order valence-corrected chi connectivity index (χ2v) is 5.08. The number of ether oxygens (including phenoxy) is 1. The van der Waals surface area contributed by atoms with E-state index in [0.29, 0.717) is 0 Å². The Bertz CT molecular complexity index is 559. The fourth-order valence-corrected chi connectivity index (χ4v) is 2.43. The number of carbonyl (C=O) groups is 2. The molecule has 6 heteroatoms. The summed E-state index contributed by atoms with van der Waals surface area (Å²) >= 11 is 0. The molecule has 1 aromatic rings. The number of para-hydroxylation sites is 1. The maximum Gasteiger partial charge on any atom is 0.328 e. The van der Waals surface area contributed by atoms with Gasteiger partial charge in [-0.05, 0) is 18.1 Å². The molecule has 0 saturated heterocycles. The van der Waals surface area contributed by atoms with Crippen molar-refractivity contribution in [3.63, 3.8) is 0 Å². The maximum absolute atomic E-state index is 12.1. The summed E-state index contributed by atoms with van der Waals surface area (Å²) in [6.07, 6.45) is 2.43. The molecule has 1 aliphatic heterocycles. The van der Waals surface area contributed by atoms with E-state index in [-0.39, 0.29) is 25.7 Å². The van der Waals surface area contributed by atoms with Crippen LogP contribution in [0.25, 0.3) is 0 Å². The van der Waals surface area contributed by atoms with Gasteiger partial charge in [0.2, 0.25) is 5.91 Å². The number of carbonyl (C=O) groups excluding carboxylic acids is 1. The predicted octanol–water partition coefficient (Wildman–Crippen LogP) is 0.821. The lowest BCUT2D eigenvalue weighted by Gasteiger charge is -2.20. The third-order valence-electron chi connectivity index (χ3n) is 3.47. The van der Waals surface area contributed by atoms with Crippen LogP contribution in [0.1, 0.15) is 5.56 Å². The van der Waals surface area contributed by atoms with E-state index in [4.69, 9.17) is 9.84 Å². The highest BCUT2D eigenvalue weighted by Crippen LogP contribution is 2.26. The summed E-state index contributed by atoms with van der Waals surface area (Å²) in [5, 5.41) is 11.6. The Morgan fingerprint density at radius 2 is 2.23 bits per heavy atom. The van der Waals surface area contributed by atoms with Gasteiger partial charge in [-0.15, -0.1) is 6.58 Å². The summed E-state index contributed by atoms with van der Waals surface area (Å²) in [5.74, 6) is -1.44. The zero-order valence-electron chi connectivity index (χ0n) is 12.3. The summed E-state index contributed by atoms with van der Waals surface area (Å²) in [6.45, 7) is 4.56. The Kier molecular flexibility index (Phi) is 5.55. The van der Waals surface area contributed by atoms with Gasteiger partial charge in [-0.2, -0.15) is 0 Å². The van der Waals surface area contributed by atoms with Crippen LogP contribution >= 0.6 is 0 Å². The Morgan fingerprint density at radius 1 is 1.45 bits per heavy atom. The van der Waals surface area contributed by atoms with E-state index in [1.165, 1.54) is 11.6 Å². The lowest BCUT2D eigenvalue weighted by Crippen LogP contribution is -2.47. The molecule has 0 bridgehead atoms. The molecular formula is C16H20N2O4. The average molecular weight is 304 g/mol. The summed E-state index contributed by atoms with van der Waals surface area (Å²) in [7, 11) is 0. The highest BCUT2D eigenvalue weighted by Gasteiger charge is 2.24. The Morgan fingerprint density at radius 3 is 2.95 bits per heavy atom. The van der Waals surface area contributed by atoms with Gasteiger partial charge in [-0.3, -0.25) is 4.79 Å². The molecule has 0 aromatic heterocycles. The molecule has 118 valence electrons. The van der Waals surface area contributed by atoms with Crippen LogP contribution in [0, 0.1) is 0 Å². The first kappa shape index (κ1) is 16.0. The van der Waals surface area contributed by atoms with Crippen molar-refractivity contribution >= 4 is 17.6 Å². The molecule has 1 amide bonds. The molecule has 1 heterocycles. The molecule has 0 aliphatic carbocycles. The van der Waals surface area contributed by atoms with Gasteiger partial charge in [-0.25, -0.2) is 4.79 Å². The Balaban J connectivity index is 1.89. The zero-order chi connectivity index (χ0) is 15.9. The lowest BCUT2D eigenvalue weighted by atomic mass is 10.2. The first-order chi connectivity index (χ1) is 10.6. The fraction of sp³-hybridized carbons (Fsp3) is 0.375. The van der Waals surface area contributed by atoms with Gasteiger partial charge in [-0.1, -0.05) is 24.3 Å². The molecule has 2 N–H and O–H groups in total. The zero-order valence-corrected chi connectivity index (χ0v) is 12.3. The van der Waals surface area contributed by atoms with Crippen molar-refractivity contribution in [3.05, 3.63) is 42.5 Å². The highest BCUT2D eigenvalue weighted by atomic mass is 16.5. The fourth-order valence-electron chi connectivity index (χ4n) is 2.43. The molecule has 1 aromatic carbocycles. The minimum absolute atomic E-state index is 0.0797. The number of carboxylic acids is 1. The lowest BCUT2D eigenvalue weighted by molar-refractivity contribution is -0.143. The average Bonchev–Trinajstić information content (AvgIpc) is 2.89. The third-order valence-corrected chi connectivity index (χ3v) is 3.47. The maximum atomic E-state index is 12.1. The SMILES string of the molecule is C=CCOCC(NC(=O)CN1CCc2ccccc21)C(=O)O. The van der Waals surface area contributed by atoms with Gasteiger partial charge in [0.15, 0.2) is 6.04 Å². The van der Waals surface area contributed by atoms with Crippen molar-refractivity contribution in [2.75, 3.05) is 31.2 Å². The number of rotatable bonds is 8. The van der Waals surface area contributed by atoms with Crippen LogP contribution in [-0.4, -0.2) is 49.3 Å². The normalized spacial score (nSPS) is 14.3. The number of carboxylic acid groups (broad SMARTS) is 1. The van der Waals surface area contributed by atoms with Crippen LogP contribution in [0.2, 0.25) is 0 Å². The van der Waals surface area contributed by atoms with Gasteiger partial charge in [0, 0.05) is 12.2 Å². The van der Waals surface area contributed by atoms with Crippen molar-refractivity contribution in [2.24, 2.45) is 0 Å². The van der Waals surface area contributed by atoms with Crippen LogP contribution < -0.4 is 10.2 Å². The monoisotopic (exact) mass is 304 g/mol. The van der Waals surface area contributed by atoms with E-state index in [2.05, 4.69) is 11.9 Å². The molecular weight excluding hydrogens is 284 g/mol. The summed E-state index contributed by atoms with van der Waals surface area (Å²) in [5.41, 5.74) is 2.24. The number of hydrogen-bond donors (Lipinski definition) is 2. The van der Waals surface area contributed by atoms with Crippen LogP contribution in [-0.2, 0) is 20.7 Å². The molecule has 6 nitrogen and oxygen atoms in total. The van der Waals surface area contributed by atoms with Crippen molar-refractivity contribution in [1.82, 2.24) is 5.32 Å². The summed E-state index contributed by atoms with van der Waals surface area (Å²) in [6, 6.07) is 6.86. The smallest absolute Gasteiger partial charge is 0.328 e. The second kappa shape index (κ2) is 7.61. The standard InChI is InChI=1S/C16H20N2O4/c1-2-9-22-11-13(16(20)21)17-15(19)10-18-8-7-12-5-3-4-6-14(12)18/h2-6,13H,1,7-11H2,(H,17,19)(H,20,21). The van der Waals surface area contributed by atoms with Crippen molar-refractivity contribution in [2.45, 2.75) is 12.5 Å². The van der Waals surface area contributed by atoms with Crippen LogP contribution in [0.3, 0.4) is 0 Å². The van der Waals surface area contributed by atoms with E-state index in [1.54, 1.807) is 0 Å². The molecule has 1 atom stereocenters. The van der Waals surface area contributed by atoms with Gasteiger partial charge in [0.25, 0.3) is 0 Å². The molecule has 1 unspecified atom stereocenters. The molecule has 0 spiro atoms. The Labute approximate surface area is 129 Å². The van der Waals surface area contributed by atoms with E-state index in [0.717, 1.165) is 18.7 Å². The quantitative estimate of drug-likeness (QED) is 0.549. The molecule has 0 fully saturated rings. The summed E-state index contributed by atoms with van der Waals surface area (Å²) < 4.78 is 5.11. The van der Waals surface area contributed by atoms with E-state index >= 15 is 0 Å². The van der Waals surface area contributed by atoms with Gasteiger partial charge < -0.3 is 20.1 Å². The highest BCUT2D eigenvalue weighted by molar-refractivity contribution is 5.87. The van der Waals surface area contributed by atoms with E-state index in [9.17, 15) is 9.59 Å². The second-order valence-electron chi connectivity index (χ2n) is 5.08. The number of amides is 1. The number of aliphatic carboxylic acids is 1. The third kappa shape index (κ3) is 4.08. The van der Waals surface area contributed by atoms with E-state index < -0.39 is 12.0 Å². The van der Waals surface area contributed by atoms with E-state index in [1.807, 2.05) is 29.2 Å². The summed E-state index contributed by atoms with van der Waals surface area (Å²) in [4.78, 5) is 25.1. The van der Waals surface area contributed by atoms with Crippen LogP contribution in [0.15, 0.2) is 36.9 Å². The molecule has 2 rings (SSSR count). The van der Waals surface area contributed by atoms with Crippen LogP contribution in [0.5, 0.6) is 0 Å². The first-order valence-corrected chi connectivity index (χ1v) is 7.15. The predicted molar refractivity (Wildman–Crippen MR) is 82.9 cm³/mol. The molecule has 22 heavy (non-hydrogen) atoms.